The molecule has 3 aliphatic heterocycles. The zero-order valence-corrected chi connectivity index (χ0v) is 45.6. The van der Waals surface area contributed by atoms with E-state index < -0.39 is 160 Å². The van der Waals surface area contributed by atoms with Crippen molar-refractivity contribution >= 4 is 57.8 Å². The number of thiazole rings is 1. The second-order valence-electron chi connectivity index (χ2n) is 21.1. The van der Waals surface area contributed by atoms with Crippen LogP contribution in [0, 0.1) is 35.3 Å². The van der Waals surface area contributed by atoms with Gasteiger partial charge in [-0.3, -0.25) is 29.6 Å². The first-order valence-corrected chi connectivity index (χ1v) is 26.2. The number of aromatic nitrogens is 2. The number of epoxide rings is 1. The number of amides is 3. The van der Waals surface area contributed by atoms with Gasteiger partial charge < -0.3 is 34.4 Å². The van der Waals surface area contributed by atoms with Crippen LogP contribution < -0.4 is 25.2 Å². The third-order valence-corrected chi connectivity index (χ3v) is 15.1. The number of aryl methyl sites for hydroxylation is 1. The molecule has 5 aromatic rings. The highest BCUT2D eigenvalue weighted by Gasteiger charge is 2.54. The van der Waals surface area contributed by atoms with Gasteiger partial charge in [0.15, 0.2) is 16.7 Å². The topological polar surface area (TPSA) is 186 Å². The Balaban J connectivity index is 0.846. The van der Waals surface area contributed by atoms with E-state index in [2.05, 4.69) is 20.6 Å². The summed E-state index contributed by atoms with van der Waals surface area (Å²) in [5.41, 5.74) is -5.61. The highest BCUT2D eigenvalue weighted by molar-refractivity contribution is 7.81. The maximum Gasteiger partial charge on any atom is 0.420 e. The monoisotopic (exact) mass is 1180 g/mol. The third kappa shape index (κ3) is 13.0. The van der Waals surface area contributed by atoms with Crippen LogP contribution in [0.15, 0.2) is 72.4 Å². The second-order valence-corrected chi connectivity index (χ2v) is 22.3. The van der Waals surface area contributed by atoms with E-state index in [0.29, 0.717) is 29.6 Å². The summed E-state index contributed by atoms with van der Waals surface area (Å²) in [6, 6.07) is 11.6. The summed E-state index contributed by atoms with van der Waals surface area (Å²) in [7, 11) is 0. The van der Waals surface area contributed by atoms with E-state index in [1.54, 1.807) is 37.6 Å². The molecular formula is C54H52F10N8O7S2. The fourth-order valence-corrected chi connectivity index (χ4v) is 10.9. The molecule has 0 spiro atoms. The molecule has 15 nitrogen and oxygen atoms in total. The lowest BCUT2D eigenvalue weighted by Gasteiger charge is -2.35. The number of thiocarbonyl (C=S) groups is 1. The van der Waals surface area contributed by atoms with Crippen LogP contribution in [0.4, 0.5) is 55.3 Å². The minimum Gasteiger partial charge on any atom is -0.493 e. The van der Waals surface area contributed by atoms with E-state index in [4.69, 9.17) is 26.4 Å². The van der Waals surface area contributed by atoms with Gasteiger partial charge in [-0.2, -0.15) is 31.6 Å². The Morgan fingerprint density at radius 2 is 1.70 bits per heavy atom. The van der Waals surface area contributed by atoms with Gasteiger partial charge in [-0.25, -0.2) is 22.5 Å². The summed E-state index contributed by atoms with van der Waals surface area (Å²) in [5, 5.41) is 25.1. The van der Waals surface area contributed by atoms with Crippen molar-refractivity contribution in [3.05, 3.63) is 112 Å². The molecule has 3 aliphatic rings. The van der Waals surface area contributed by atoms with Crippen molar-refractivity contribution in [2.75, 3.05) is 36.2 Å². The maximum atomic E-state index is 16.0. The molecule has 3 saturated heterocycles. The van der Waals surface area contributed by atoms with Gasteiger partial charge in [0.05, 0.1) is 69.6 Å². The fraction of sp³-hybridized carbons (Fsp3) is 0.426. The molecule has 27 heteroatoms. The molecule has 3 N–H and O–H groups in total. The number of aliphatic hydroxyl groups excluding tert-OH is 1. The van der Waals surface area contributed by atoms with Crippen LogP contribution in [0.1, 0.15) is 75.4 Å². The van der Waals surface area contributed by atoms with Gasteiger partial charge in [0.2, 0.25) is 11.8 Å². The highest BCUT2D eigenvalue weighted by atomic mass is 32.1. The van der Waals surface area contributed by atoms with Crippen molar-refractivity contribution in [2.45, 2.75) is 115 Å². The molecule has 432 valence electrons. The van der Waals surface area contributed by atoms with Gasteiger partial charge in [0.1, 0.15) is 54.1 Å². The predicted molar refractivity (Wildman–Crippen MR) is 279 cm³/mol. The summed E-state index contributed by atoms with van der Waals surface area (Å²) < 4.78 is 163. The van der Waals surface area contributed by atoms with Crippen molar-refractivity contribution in [3.63, 3.8) is 0 Å². The van der Waals surface area contributed by atoms with Gasteiger partial charge in [-0.15, -0.1) is 11.3 Å². The van der Waals surface area contributed by atoms with Crippen LogP contribution in [0.5, 0.6) is 5.75 Å². The van der Waals surface area contributed by atoms with E-state index in [-0.39, 0.29) is 18.7 Å². The highest BCUT2D eigenvalue weighted by Crippen LogP contribution is 2.44. The Kier molecular flexibility index (Phi) is 17.0. The molecule has 3 amide bonds. The first-order chi connectivity index (χ1) is 37.8. The first kappa shape index (κ1) is 60.3. The Morgan fingerprint density at radius 3 is 2.32 bits per heavy atom. The lowest BCUT2D eigenvalue weighted by Crippen LogP contribution is -2.57. The molecule has 81 heavy (non-hydrogen) atoms. The maximum absolute atomic E-state index is 16.0. The zero-order chi connectivity index (χ0) is 59.3. The number of rotatable bonds is 18. The standard InChI is InChI=1S/C54H52F10N8O7S2/c1-27-44(81-26-68-27)29-9-7-28(8-10-29)21-67-46-43(79-46)38-18-32(73)23-70(38)47(75)45(50(2,3)4)69-39(74)24-77-25-52(57,58)15-16-78-33-12-13-34(35(19-33)53(59,60)61)42-36(55)17-31(22-66-42)72-49(80)71(48(76)51(72,5)6)37-14-11-30(20-65)40(41(37)56)54(62,63)64/h7-14,17,19,22,26,32,38,43,45-46,67,73H,15-16,18,21,23-25H2,1-6H3,(H,69,74)/t32-,38+,43?,45-,46?/m1/s1. The summed E-state index contributed by atoms with van der Waals surface area (Å²) in [6.45, 7) is 6.75. The van der Waals surface area contributed by atoms with Crippen molar-refractivity contribution in [1.82, 2.24) is 25.5 Å². The van der Waals surface area contributed by atoms with Crippen molar-refractivity contribution < 1.29 is 77.6 Å². The summed E-state index contributed by atoms with van der Waals surface area (Å²) in [5.74, 6) is -10.2. The van der Waals surface area contributed by atoms with E-state index in [1.165, 1.54) is 24.8 Å². The number of aliphatic hydroxyl groups is 1. The number of pyridine rings is 1. The van der Waals surface area contributed by atoms with Gasteiger partial charge >= 0.3 is 12.4 Å². The number of nitrogens with zero attached hydrogens (tertiary/aromatic N) is 6. The number of carbonyl (C=O) groups is 3. The van der Waals surface area contributed by atoms with Crippen LogP contribution in [0.3, 0.4) is 0 Å². The quantitative estimate of drug-likeness (QED) is 0.0428. The van der Waals surface area contributed by atoms with Gasteiger partial charge in [-0.05, 0) is 86.3 Å². The molecule has 2 unspecified atom stereocenters. The van der Waals surface area contributed by atoms with Crippen LogP contribution in [0.2, 0.25) is 0 Å². The smallest absolute Gasteiger partial charge is 0.420 e. The van der Waals surface area contributed by atoms with E-state index in [0.717, 1.165) is 51.0 Å². The second kappa shape index (κ2) is 22.8. The molecule has 3 aromatic carbocycles. The van der Waals surface area contributed by atoms with E-state index in [1.807, 2.05) is 31.2 Å². The number of β-amino-alcohol motifs (C(OH)–C–C–N with tert-alkyl or cyclic N) is 1. The number of hydrogen-bond donors (Lipinski definition) is 3. The number of likely N-dealkylation sites (tertiary alicyclic amines) is 1. The largest absolute Gasteiger partial charge is 0.493 e. The molecule has 0 bridgehead atoms. The minimum absolute atomic E-state index is 0.0359. The Bertz CT molecular complexity index is 3270. The minimum atomic E-state index is -5.37. The number of nitrogens with one attached hydrogen (secondary N) is 2. The van der Waals surface area contributed by atoms with Gasteiger partial charge in [0, 0.05) is 31.1 Å². The lowest BCUT2D eigenvalue weighted by atomic mass is 9.85. The number of alkyl halides is 8. The van der Waals surface area contributed by atoms with Crippen LogP contribution >= 0.6 is 23.6 Å². The van der Waals surface area contributed by atoms with Crippen LogP contribution in [-0.4, -0.2) is 111 Å². The number of ether oxygens (including phenoxy) is 3. The van der Waals surface area contributed by atoms with E-state index in [9.17, 15) is 51.1 Å². The zero-order valence-electron chi connectivity index (χ0n) is 43.9. The Hall–Kier alpha value is -6.83. The van der Waals surface area contributed by atoms with Gasteiger partial charge in [0.25, 0.3) is 11.8 Å². The van der Waals surface area contributed by atoms with Crippen molar-refractivity contribution in [1.29, 1.82) is 5.26 Å². The van der Waals surface area contributed by atoms with Crippen LogP contribution in [-0.2, 0) is 42.8 Å². The number of nitriles is 1. The number of hydrogen-bond acceptors (Lipinski definition) is 13. The molecular weight excluding hydrogens is 1130 g/mol. The normalized spacial score (nSPS) is 19.7. The van der Waals surface area contributed by atoms with Crippen molar-refractivity contribution in [3.8, 4) is 33.5 Å². The first-order valence-electron chi connectivity index (χ1n) is 24.9. The van der Waals surface area contributed by atoms with Gasteiger partial charge in [-0.1, -0.05) is 45.0 Å². The molecule has 5 atom stereocenters. The van der Waals surface area contributed by atoms with Crippen molar-refractivity contribution in [2.24, 2.45) is 5.41 Å². The SMILES string of the molecule is Cc1ncsc1-c1ccc(CNC2OC2[C@@H]2C[C@@H](O)CN2C(=O)[C@@H](NC(=O)COCC(F)(F)CCOc2ccc(-c3ncc(N4C(=S)N(c5ccc(C#N)c(C(F)(F)F)c5F)C(=O)C4(C)C)cc3F)c(C(F)(F)F)c2)C(C)(C)C)cc1. The fourth-order valence-electron chi connectivity index (χ4n) is 9.61. The number of halogens is 10. The summed E-state index contributed by atoms with van der Waals surface area (Å²) in [4.78, 5) is 52.9. The molecule has 8 rings (SSSR count). The number of benzene rings is 3. The van der Waals surface area contributed by atoms with Crippen LogP contribution in [0.25, 0.3) is 21.7 Å². The molecule has 0 saturated carbocycles. The predicted octanol–water partition coefficient (Wildman–Crippen LogP) is 9.71. The molecule has 2 aromatic heterocycles. The number of anilines is 2. The molecule has 0 aliphatic carbocycles. The third-order valence-electron chi connectivity index (χ3n) is 13.8. The molecule has 5 heterocycles. The molecule has 3 fully saturated rings. The lowest BCUT2D eigenvalue weighted by molar-refractivity contribution is -0.143. The average molecular weight is 1180 g/mol. The number of carbonyl (C=O) groups excluding carboxylic acids is 3. The Morgan fingerprint density at radius 1 is 1.00 bits per heavy atom. The molecule has 0 radical (unpaired) electrons. The summed E-state index contributed by atoms with van der Waals surface area (Å²) >= 11 is 6.90. The Labute approximate surface area is 466 Å². The summed E-state index contributed by atoms with van der Waals surface area (Å²) in [6.07, 6.45) is -12.4. The van der Waals surface area contributed by atoms with E-state index >= 15 is 17.6 Å². The average Bonchev–Trinajstić information content (AvgIpc) is 4.02.